The fourth-order valence-corrected chi connectivity index (χ4v) is 3.76. The molecule has 2 aromatic rings. The lowest BCUT2D eigenvalue weighted by molar-refractivity contribution is -0.144. The monoisotopic (exact) mass is 498 g/mol. The van der Waals surface area contributed by atoms with Gasteiger partial charge in [0, 0.05) is 5.92 Å². The number of hydrogen-bond acceptors (Lipinski definition) is 5. The fourth-order valence-electron chi connectivity index (χ4n) is 3.76. The van der Waals surface area contributed by atoms with E-state index in [1.54, 1.807) is 14.2 Å². The number of carbonyl (C=O) groups excluding carboxylic acids is 1. The molecule has 0 bridgehead atoms. The van der Waals surface area contributed by atoms with E-state index in [2.05, 4.69) is 46.8 Å². The van der Waals surface area contributed by atoms with Gasteiger partial charge in [-0.2, -0.15) is 0 Å². The Labute approximate surface area is 218 Å². The standard InChI is InChI=1S/C31H46O5/c1-11-21(4)18-24(23-15-17-26(28(20-23)34-10)36-31(7,8)13-3)22-14-16-25(27(19-22)33-9)35-29(32)30(5,6)12-2/h14-17,19-21,24H,11-13,18H2,1-10H3. The highest BCUT2D eigenvalue weighted by Gasteiger charge is 2.29. The Morgan fingerprint density at radius 2 is 1.33 bits per heavy atom. The van der Waals surface area contributed by atoms with Crippen molar-refractivity contribution >= 4 is 5.97 Å². The summed E-state index contributed by atoms with van der Waals surface area (Å²) >= 11 is 0. The maximum atomic E-state index is 12.7. The third-order valence-corrected chi connectivity index (χ3v) is 7.39. The van der Waals surface area contributed by atoms with Crippen LogP contribution in [0.4, 0.5) is 0 Å². The fraction of sp³-hybridized carbons (Fsp3) is 0.581. The second kappa shape index (κ2) is 12.5. The van der Waals surface area contributed by atoms with Gasteiger partial charge >= 0.3 is 5.97 Å². The third kappa shape index (κ3) is 7.41. The zero-order chi connectivity index (χ0) is 27.1. The van der Waals surface area contributed by atoms with E-state index in [1.165, 1.54) is 0 Å². The van der Waals surface area contributed by atoms with Crippen LogP contribution in [0.5, 0.6) is 23.0 Å². The number of hydrogen-bond donors (Lipinski definition) is 0. The summed E-state index contributed by atoms with van der Waals surface area (Å²) in [5.41, 5.74) is 1.41. The minimum atomic E-state index is -0.560. The first-order valence-corrected chi connectivity index (χ1v) is 13.2. The minimum Gasteiger partial charge on any atom is -0.493 e. The molecule has 0 saturated heterocycles. The molecule has 2 atom stereocenters. The van der Waals surface area contributed by atoms with Crippen molar-refractivity contribution in [3.63, 3.8) is 0 Å². The minimum absolute atomic E-state index is 0.118. The maximum absolute atomic E-state index is 12.7. The summed E-state index contributed by atoms with van der Waals surface area (Å²) < 4.78 is 23.4. The number of esters is 1. The smallest absolute Gasteiger partial charge is 0.317 e. The molecule has 5 nitrogen and oxygen atoms in total. The number of rotatable bonds is 13. The van der Waals surface area contributed by atoms with Crippen LogP contribution in [0.3, 0.4) is 0 Å². The molecule has 2 aromatic carbocycles. The number of methoxy groups -OCH3 is 2. The van der Waals surface area contributed by atoms with Crippen molar-refractivity contribution in [2.45, 2.75) is 92.6 Å². The molecular weight excluding hydrogens is 452 g/mol. The average Bonchev–Trinajstić information content (AvgIpc) is 2.87. The van der Waals surface area contributed by atoms with Gasteiger partial charge in [-0.25, -0.2) is 0 Å². The Morgan fingerprint density at radius 3 is 1.81 bits per heavy atom. The molecule has 0 heterocycles. The molecular formula is C31H46O5. The van der Waals surface area contributed by atoms with Gasteiger partial charge in [0.05, 0.1) is 19.6 Å². The van der Waals surface area contributed by atoms with Gasteiger partial charge in [-0.1, -0.05) is 46.2 Å². The van der Waals surface area contributed by atoms with E-state index in [0.29, 0.717) is 23.8 Å². The summed E-state index contributed by atoms with van der Waals surface area (Å²) in [6.45, 7) is 16.5. The van der Waals surface area contributed by atoms with Crippen molar-refractivity contribution < 1.29 is 23.7 Å². The van der Waals surface area contributed by atoms with Gasteiger partial charge in [0.1, 0.15) is 5.60 Å². The molecule has 0 spiro atoms. The Morgan fingerprint density at radius 1 is 0.806 bits per heavy atom. The average molecular weight is 499 g/mol. The number of ether oxygens (including phenoxy) is 4. The summed E-state index contributed by atoms with van der Waals surface area (Å²) in [4.78, 5) is 12.7. The van der Waals surface area contributed by atoms with Gasteiger partial charge in [0.25, 0.3) is 0 Å². The van der Waals surface area contributed by atoms with E-state index >= 15 is 0 Å². The molecule has 0 amide bonds. The normalized spacial score (nSPS) is 13.6. The van der Waals surface area contributed by atoms with Crippen molar-refractivity contribution in [3.8, 4) is 23.0 Å². The van der Waals surface area contributed by atoms with Crippen molar-refractivity contribution in [3.05, 3.63) is 47.5 Å². The Hall–Kier alpha value is -2.69. The molecule has 0 aliphatic heterocycles. The predicted octanol–water partition coefficient (Wildman–Crippen LogP) is 8.18. The first-order valence-electron chi connectivity index (χ1n) is 13.2. The first-order chi connectivity index (χ1) is 16.9. The second-order valence-corrected chi connectivity index (χ2v) is 11.0. The third-order valence-electron chi connectivity index (χ3n) is 7.39. The number of benzene rings is 2. The molecule has 0 aliphatic carbocycles. The van der Waals surface area contributed by atoms with Crippen molar-refractivity contribution in [2.24, 2.45) is 11.3 Å². The van der Waals surface area contributed by atoms with E-state index in [1.807, 2.05) is 45.0 Å². The van der Waals surface area contributed by atoms with E-state index in [4.69, 9.17) is 18.9 Å². The molecule has 0 N–H and O–H groups in total. The van der Waals surface area contributed by atoms with E-state index in [9.17, 15) is 4.79 Å². The highest BCUT2D eigenvalue weighted by atomic mass is 16.6. The van der Waals surface area contributed by atoms with Crippen molar-refractivity contribution in [2.75, 3.05) is 14.2 Å². The van der Waals surface area contributed by atoms with Crippen LogP contribution in [0.15, 0.2) is 36.4 Å². The van der Waals surface area contributed by atoms with Gasteiger partial charge in [-0.15, -0.1) is 0 Å². The largest absolute Gasteiger partial charge is 0.493 e. The van der Waals surface area contributed by atoms with Gasteiger partial charge in [-0.05, 0) is 88.3 Å². The Bertz CT molecular complexity index is 1010. The first kappa shape index (κ1) is 29.5. The van der Waals surface area contributed by atoms with Crippen LogP contribution in [0.2, 0.25) is 0 Å². The lowest BCUT2D eigenvalue weighted by Gasteiger charge is -2.27. The molecule has 36 heavy (non-hydrogen) atoms. The summed E-state index contributed by atoms with van der Waals surface area (Å²) in [7, 11) is 3.29. The van der Waals surface area contributed by atoms with Gasteiger partial charge in [0.2, 0.25) is 0 Å². The van der Waals surface area contributed by atoms with Crippen LogP contribution in [-0.4, -0.2) is 25.8 Å². The highest BCUT2D eigenvalue weighted by molar-refractivity contribution is 5.79. The van der Waals surface area contributed by atoms with Crippen molar-refractivity contribution in [1.82, 2.24) is 0 Å². The SMILES string of the molecule is CCC(C)CC(c1ccc(OC(=O)C(C)(C)CC)c(OC)c1)c1ccc(OC(C)(C)CC)c(OC)c1. The van der Waals surface area contributed by atoms with Crippen LogP contribution in [0, 0.1) is 11.3 Å². The zero-order valence-corrected chi connectivity index (χ0v) is 24.0. The number of carbonyl (C=O) groups is 1. The molecule has 0 fully saturated rings. The topological polar surface area (TPSA) is 54.0 Å². The van der Waals surface area contributed by atoms with E-state index < -0.39 is 5.41 Å². The molecule has 0 aromatic heterocycles. The van der Waals surface area contributed by atoms with E-state index in [0.717, 1.165) is 41.9 Å². The second-order valence-electron chi connectivity index (χ2n) is 11.0. The van der Waals surface area contributed by atoms with Gasteiger partial charge in [0.15, 0.2) is 23.0 Å². The summed E-state index contributed by atoms with van der Waals surface area (Å²) in [6, 6.07) is 12.1. The highest BCUT2D eigenvalue weighted by Crippen LogP contribution is 2.41. The zero-order valence-electron chi connectivity index (χ0n) is 24.0. The summed E-state index contributed by atoms with van der Waals surface area (Å²) in [5.74, 6) is 2.84. The molecule has 0 aliphatic rings. The molecule has 200 valence electrons. The van der Waals surface area contributed by atoms with Crippen LogP contribution >= 0.6 is 0 Å². The quantitative estimate of drug-likeness (QED) is 0.206. The lowest BCUT2D eigenvalue weighted by Crippen LogP contribution is -2.28. The molecule has 5 heteroatoms. The Kier molecular flexibility index (Phi) is 10.3. The van der Waals surface area contributed by atoms with Crippen LogP contribution in [0.1, 0.15) is 98.1 Å². The van der Waals surface area contributed by atoms with Crippen molar-refractivity contribution in [1.29, 1.82) is 0 Å². The van der Waals surface area contributed by atoms with Crippen LogP contribution < -0.4 is 18.9 Å². The van der Waals surface area contributed by atoms with Gasteiger partial charge < -0.3 is 18.9 Å². The Balaban J connectivity index is 2.49. The molecule has 0 radical (unpaired) electrons. The van der Waals surface area contributed by atoms with E-state index in [-0.39, 0.29) is 17.5 Å². The summed E-state index contributed by atoms with van der Waals surface area (Å²) in [5, 5.41) is 0. The summed E-state index contributed by atoms with van der Waals surface area (Å²) in [6.07, 6.45) is 3.63. The van der Waals surface area contributed by atoms with Crippen LogP contribution in [0.25, 0.3) is 0 Å². The van der Waals surface area contributed by atoms with Gasteiger partial charge in [-0.3, -0.25) is 4.79 Å². The van der Waals surface area contributed by atoms with Crippen LogP contribution in [-0.2, 0) is 4.79 Å². The predicted molar refractivity (Wildman–Crippen MR) is 147 cm³/mol. The maximum Gasteiger partial charge on any atom is 0.317 e. The molecule has 2 rings (SSSR count). The lowest BCUT2D eigenvalue weighted by atomic mass is 9.83. The molecule has 0 saturated carbocycles. The molecule has 2 unspecified atom stereocenters.